The van der Waals surface area contributed by atoms with Gasteiger partial charge in [0.15, 0.2) is 0 Å². The number of nitrogens with one attached hydrogen (secondary N) is 1. The molecule has 0 unspecified atom stereocenters. The van der Waals surface area contributed by atoms with Crippen LogP contribution in [-0.2, 0) is 21.4 Å². The van der Waals surface area contributed by atoms with Crippen molar-refractivity contribution >= 4 is 31.9 Å². The number of carbonyl (C=O) groups is 1. The number of hydrogen-bond donors (Lipinski definition) is 1. The number of amides is 1. The van der Waals surface area contributed by atoms with Gasteiger partial charge in [-0.15, -0.1) is 0 Å². The Kier molecular flexibility index (Phi) is 5.07. The topological polar surface area (TPSA) is 79.6 Å². The van der Waals surface area contributed by atoms with Gasteiger partial charge >= 0.3 is 0 Å². The first-order valence-corrected chi connectivity index (χ1v) is 9.79. The second-order valence-corrected chi connectivity index (χ2v) is 8.33. The van der Waals surface area contributed by atoms with Crippen molar-refractivity contribution in [3.8, 4) is 0 Å². The molecule has 0 aliphatic carbocycles. The van der Waals surface area contributed by atoms with E-state index in [-0.39, 0.29) is 17.3 Å². The fourth-order valence-electron chi connectivity index (χ4n) is 2.74. The Hall–Kier alpha value is -1.64. The zero-order valence-corrected chi connectivity index (χ0v) is 15.2. The zero-order chi connectivity index (χ0) is 17.2. The van der Waals surface area contributed by atoms with Crippen LogP contribution in [0.15, 0.2) is 56.4 Å². The summed E-state index contributed by atoms with van der Waals surface area (Å²) in [5.41, 5.74) is 0. The molecular formula is C16H17BrN2O4S. The molecule has 0 radical (unpaired) electrons. The first-order valence-electron chi connectivity index (χ1n) is 7.56. The van der Waals surface area contributed by atoms with Crippen LogP contribution in [0.5, 0.6) is 0 Å². The number of halogens is 1. The molecule has 1 N–H and O–H groups in total. The highest BCUT2D eigenvalue weighted by molar-refractivity contribution is 9.10. The molecular weight excluding hydrogens is 396 g/mol. The van der Waals surface area contributed by atoms with Gasteiger partial charge in [-0.2, -0.15) is 4.31 Å². The van der Waals surface area contributed by atoms with Crippen molar-refractivity contribution < 1.29 is 17.6 Å². The average molecular weight is 413 g/mol. The molecule has 1 aromatic heterocycles. The van der Waals surface area contributed by atoms with Crippen molar-refractivity contribution in [3.05, 3.63) is 52.9 Å². The number of benzene rings is 1. The zero-order valence-electron chi connectivity index (χ0n) is 12.8. The third-order valence-electron chi connectivity index (χ3n) is 3.94. The van der Waals surface area contributed by atoms with Crippen molar-refractivity contribution in [2.75, 3.05) is 6.54 Å². The van der Waals surface area contributed by atoms with Crippen molar-refractivity contribution in [1.29, 1.82) is 0 Å². The van der Waals surface area contributed by atoms with Gasteiger partial charge in [-0.3, -0.25) is 4.79 Å². The summed E-state index contributed by atoms with van der Waals surface area (Å²) in [5, 5.41) is 2.74. The number of furan rings is 1. The van der Waals surface area contributed by atoms with Crippen LogP contribution in [0.2, 0.25) is 0 Å². The molecule has 1 atom stereocenters. The molecule has 2 heterocycles. The van der Waals surface area contributed by atoms with E-state index in [4.69, 9.17) is 4.42 Å². The minimum atomic E-state index is -3.69. The Bertz CT molecular complexity index is 803. The molecule has 1 aromatic carbocycles. The maximum absolute atomic E-state index is 12.8. The second kappa shape index (κ2) is 7.08. The lowest BCUT2D eigenvalue weighted by atomic mass is 10.2. The fourth-order valence-corrected chi connectivity index (χ4v) is 4.66. The highest BCUT2D eigenvalue weighted by Crippen LogP contribution is 2.27. The number of sulfonamides is 1. The van der Waals surface area contributed by atoms with E-state index in [0.29, 0.717) is 25.1 Å². The van der Waals surface area contributed by atoms with E-state index in [0.717, 1.165) is 4.47 Å². The van der Waals surface area contributed by atoms with Crippen LogP contribution in [-0.4, -0.2) is 31.2 Å². The minimum absolute atomic E-state index is 0.191. The molecule has 2 aromatic rings. The summed E-state index contributed by atoms with van der Waals surface area (Å²) in [4.78, 5) is 12.6. The maximum Gasteiger partial charge on any atom is 0.243 e. The van der Waals surface area contributed by atoms with Crippen LogP contribution in [0.25, 0.3) is 0 Å². The van der Waals surface area contributed by atoms with E-state index < -0.39 is 16.1 Å². The molecule has 3 rings (SSSR count). The van der Waals surface area contributed by atoms with Gasteiger partial charge in [0.05, 0.1) is 17.7 Å². The van der Waals surface area contributed by atoms with E-state index >= 15 is 0 Å². The lowest BCUT2D eigenvalue weighted by molar-refractivity contribution is -0.124. The standard InChI is InChI=1S/C16H17BrN2O4S/c17-12-5-7-14(8-6-12)24(21,22)19-9-1-4-15(19)16(20)18-11-13-3-2-10-23-13/h2-3,5-8,10,15H,1,4,9,11H2,(H,18,20)/t15-/m1/s1. The monoisotopic (exact) mass is 412 g/mol. The first kappa shape index (κ1) is 17.2. The third-order valence-corrected chi connectivity index (χ3v) is 6.39. The number of carbonyl (C=O) groups excluding carboxylic acids is 1. The summed E-state index contributed by atoms with van der Waals surface area (Å²) < 4.78 is 32.9. The maximum atomic E-state index is 12.8. The summed E-state index contributed by atoms with van der Waals surface area (Å²) >= 11 is 3.29. The van der Waals surface area contributed by atoms with Crippen LogP contribution in [0.3, 0.4) is 0 Å². The van der Waals surface area contributed by atoms with E-state index in [1.165, 1.54) is 22.7 Å². The van der Waals surface area contributed by atoms with Gasteiger partial charge in [0.2, 0.25) is 15.9 Å². The second-order valence-electron chi connectivity index (χ2n) is 5.52. The SMILES string of the molecule is O=C(NCc1ccco1)[C@H]1CCCN1S(=O)(=O)c1ccc(Br)cc1. The van der Waals surface area contributed by atoms with Crippen molar-refractivity contribution in [3.63, 3.8) is 0 Å². The normalized spacial score (nSPS) is 18.6. The van der Waals surface area contributed by atoms with E-state index in [9.17, 15) is 13.2 Å². The van der Waals surface area contributed by atoms with Gasteiger partial charge in [0.1, 0.15) is 11.8 Å². The molecule has 6 nitrogen and oxygen atoms in total. The molecule has 1 saturated heterocycles. The van der Waals surface area contributed by atoms with Crippen LogP contribution in [0.1, 0.15) is 18.6 Å². The molecule has 8 heteroatoms. The van der Waals surface area contributed by atoms with E-state index in [1.807, 2.05) is 0 Å². The van der Waals surface area contributed by atoms with Gasteiger partial charge in [-0.25, -0.2) is 8.42 Å². The highest BCUT2D eigenvalue weighted by atomic mass is 79.9. The molecule has 0 saturated carbocycles. The minimum Gasteiger partial charge on any atom is -0.467 e. The summed E-state index contributed by atoms with van der Waals surface area (Å²) in [6.45, 7) is 0.589. The quantitative estimate of drug-likeness (QED) is 0.817. The van der Waals surface area contributed by atoms with Crippen LogP contribution < -0.4 is 5.32 Å². The largest absolute Gasteiger partial charge is 0.467 e. The average Bonchev–Trinajstić information content (AvgIpc) is 3.24. The van der Waals surface area contributed by atoms with Gasteiger partial charge in [0, 0.05) is 11.0 Å². The van der Waals surface area contributed by atoms with Crippen molar-refractivity contribution in [1.82, 2.24) is 9.62 Å². The Morgan fingerprint density at radius 3 is 2.71 bits per heavy atom. The molecule has 128 valence electrons. The lowest BCUT2D eigenvalue weighted by Gasteiger charge is -2.23. The summed E-state index contributed by atoms with van der Waals surface area (Å²) in [7, 11) is -3.69. The Balaban J connectivity index is 1.74. The molecule has 1 aliphatic heterocycles. The smallest absolute Gasteiger partial charge is 0.243 e. The molecule has 24 heavy (non-hydrogen) atoms. The van der Waals surface area contributed by atoms with E-state index in [1.54, 1.807) is 24.3 Å². The predicted molar refractivity (Wildman–Crippen MR) is 91.6 cm³/mol. The summed E-state index contributed by atoms with van der Waals surface area (Å²) in [6.07, 6.45) is 2.70. The van der Waals surface area contributed by atoms with Gasteiger partial charge in [0.25, 0.3) is 0 Å². The van der Waals surface area contributed by atoms with Gasteiger partial charge in [-0.1, -0.05) is 15.9 Å². The van der Waals surface area contributed by atoms with Crippen LogP contribution >= 0.6 is 15.9 Å². The van der Waals surface area contributed by atoms with Crippen molar-refractivity contribution in [2.45, 2.75) is 30.3 Å². The fraction of sp³-hybridized carbons (Fsp3) is 0.312. The number of nitrogens with zero attached hydrogens (tertiary/aromatic N) is 1. The molecule has 1 fully saturated rings. The predicted octanol–water partition coefficient (Wildman–Crippen LogP) is 2.51. The number of hydrogen-bond acceptors (Lipinski definition) is 4. The molecule has 1 aliphatic rings. The van der Waals surface area contributed by atoms with Crippen LogP contribution in [0.4, 0.5) is 0 Å². The van der Waals surface area contributed by atoms with Gasteiger partial charge in [-0.05, 0) is 49.2 Å². The Morgan fingerprint density at radius 1 is 1.29 bits per heavy atom. The van der Waals surface area contributed by atoms with Gasteiger partial charge < -0.3 is 9.73 Å². The first-order chi connectivity index (χ1) is 11.5. The van der Waals surface area contributed by atoms with Crippen molar-refractivity contribution in [2.24, 2.45) is 0 Å². The Morgan fingerprint density at radius 2 is 2.04 bits per heavy atom. The molecule has 0 bridgehead atoms. The molecule has 1 amide bonds. The Labute approximate surface area is 149 Å². The molecule has 0 spiro atoms. The lowest BCUT2D eigenvalue weighted by Crippen LogP contribution is -2.45. The summed E-state index contributed by atoms with van der Waals surface area (Å²) in [6, 6.07) is 9.23. The summed E-state index contributed by atoms with van der Waals surface area (Å²) in [5.74, 6) is 0.327. The third kappa shape index (κ3) is 3.55. The highest BCUT2D eigenvalue weighted by Gasteiger charge is 2.39. The van der Waals surface area contributed by atoms with Crippen LogP contribution in [0, 0.1) is 0 Å². The van der Waals surface area contributed by atoms with E-state index in [2.05, 4.69) is 21.2 Å². The number of rotatable bonds is 5.